The minimum atomic E-state index is 0.424. The van der Waals surface area contributed by atoms with Crippen molar-refractivity contribution in [2.45, 2.75) is 45.6 Å². The first-order valence-electron chi connectivity index (χ1n) is 6.70. The van der Waals surface area contributed by atoms with E-state index in [9.17, 15) is 0 Å². The standard InChI is InChI=1S/C13H28N2O/c1-4-16-12-6-8-14-9-11-15-10-5-7-13(15,2)3/h14H,4-12H2,1-3H3. The fourth-order valence-electron chi connectivity index (χ4n) is 2.36. The van der Waals surface area contributed by atoms with E-state index in [1.54, 1.807) is 0 Å². The number of likely N-dealkylation sites (tertiary alicyclic amines) is 1. The largest absolute Gasteiger partial charge is 0.382 e. The third-order valence-corrected chi connectivity index (χ3v) is 3.48. The molecule has 3 nitrogen and oxygen atoms in total. The van der Waals surface area contributed by atoms with Gasteiger partial charge in [-0.25, -0.2) is 0 Å². The molecule has 96 valence electrons. The van der Waals surface area contributed by atoms with Gasteiger partial charge >= 0.3 is 0 Å². The van der Waals surface area contributed by atoms with Crippen LogP contribution >= 0.6 is 0 Å². The fourth-order valence-corrected chi connectivity index (χ4v) is 2.36. The van der Waals surface area contributed by atoms with Gasteiger partial charge in [-0.2, -0.15) is 0 Å². The van der Waals surface area contributed by atoms with Gasteiger partial charge in [0.05, 0.1) is 0 Å². The van der Waals surface area contributed by atoms with Crippen molar-refractivity contribution < 1.29 is 4.74 Å². The second-order valence-corrected chi connectivity index (χ2v) is 5.20. The molecule has 1 heterocycles. The zero-order valence-corrected chi connectivity index (χ0v) is 11.2. The average Bonchev–Trinajstić information content (AvgIpc) is 2.57. The highest BCUT2D eigenvalue weighted by molar-refractivity contribution is 4.87. The van der Waals surface area contributed by atoms with E-state index in [0.717, 1.165) is 32.7 Å². The summed E-state index contributed by atoms with van der Waals surface area (Å²) in [7, 11) is 0. The summed E-state index contributed by atoms with van der Waals surface area (Å²) in [5.74, 6) is 0. The summed E-state index contributed by atoms with van der Waals surface area (Å²) in [4.78, 5) is 2.60. The molecule has 0 radical (unpaired) electrons. The highest BCUT2D eigenvalue weighted by Crippen LogP contribution is 2.27. The van der Waals surface area contributed by atoms with Crippen LogP contribution in [0.15, 0.2) is 0 Å². The molecule has 0 aromatic carbocycles. The summed E-state index contributed by atoms with van der Waals surface area (Å²) in [5, 5.41) is 3.49. The Balaban J connectivity index is 1.95. The Kier molecular flexibility index (Phi) is 6.32. The van der Waals surface area contributed by atoms with Crippen LogP contribution < -0.4 is 5.32 Å². The van der Waals surface area contributed by atoms with Gasteiger partial charge in [0.15, 0.2) is 0 Å². The molecule has 0 bridgehead atoms. The van der Waals surface area contributed by atoms with Crippen LogP contribution in [0.5, 0.6) is 0 Å². The van der Waals surface area contributed by atoms with Gasteiger partial charge in [-0.05, 0) is 53.1 Å². The number of hydrogen-bond donors (Lipinski definition) is 1. The summed E-state index contributed by atoms with van der Waals surface area (Å²) in [6, 6.07) is 0. The van der Waals surface area contributed by atoms with Crippen molar-refractivity contribution >= 4 is 0 Å². The van der Waals surface area contributed by atoms with Crippen molar-refractivity contribution in [2.75, 3.05) is 39.4 Å². The van der Waals surface area contributed by atoms with Crippen LogP contribution in [0.25, 0.3) is 0 Å². The first-order valence-corrected chi connectivity index (χ1v) is 6.70. The van der Waals surface area contributed by atoms with Crippen LogP contribution in [0.4, 0.5) is 0 Å². The maximum absolute atomic E-state index is 5.30. The number of rotatable bonds is 8. The van der Waals surface area contributed by atoms with Crippen molar-refractivity contribution in [3.05, 3.63) is 0 Å². The Bertz CT molecular complexity index is 183. The maximum Gasteiger partial charge on any atom is 0.0477 e. The first kappa shape index (κ1) is 13.9. The zero-order valence-electron chi connectivity index (χ0n) is 11.2. The van der Waals surface area contributed by atoms with E-state index in [1.165, 1.54) is 25.9 Å². The molecule has 1 rings (SSSR count). The lowest BCUT2D eigenvalue weighted by Gasteiger charge is -2.31. The van der Waals surface area contributed by atoms with Gasteiger partial charge in [0, 0.05) is 31.8 Å². The minimum Gasteiger partial charge on any atom is -0.382 e. The van der Waals surface area contributed by atoms with Crippen molar-refractivity contribution in [2.24, 2.45) is 0 Å². The van der Waals surface area contributed by atoms with Crippen molar-refractivity contribution in [1.29, 1.82) is 0 Å². The van der Waals surface area contributed by atoms with Gasteiger partial charge in [0.25, 0.3) is 0 Å². The lowest BCUT2D eigenvalue weighted by Crippen LogP contribution is -2.42. The summed E-state index contributed by atoms with van der Waals surface area (Å²) >= 11 is 0. The van der Waals surface area contributed by atoms with Crippen LogP contribution in [0.1, 0.15) is 40.0 Å². The van der Waals surface area contributed by atoms with Crippen LogP contribution in [0, 0.1) is 0 Å². The molecule has 0 aliphatic carbocycles. The minimum absolute atomic E-state index is 0.424. The van der Waals surface area contributed by atoms with Crippen LogP contribution in [-0.4, -0.2) is 49.8 Å². The zero-order chi connectivity index (χ0) is 11.9. The van der Waals surface area contributed by atoms with Crippen molar-refractivity contribution in [3.8, 4) is 0 Å². The Morgan fingerprint density at radius 2 is 2.12 bits per heavy atom. The average molecular weight is 228 g/mol. The second kappa shape index (κ2) is 7.25. The quantitative estimate of drug-likeness (QED) is 0.642. The van der Waals surface area contributed by atoms with Gasteiger partial charge in [-0.1, -0.05) is 0 Å². The van der Waals surface area contributed by atoms with Gasteiger partial charge in [-0.3, -0.25) is 4.90 Å². The van der Waals surface area contributed by atoms with E-state index in [4.69, 9.17) is 4.74 Å². The highest BCUT2D eigenvalue weighted by Gasteiger charge is 2.30. The molecule has 0 saturated carbocycles. The van der Waals surface area contributed by atoms with Gasteiger partial charge < -0.3 is 10.1 Å². The smallest absolute Gasteiger partial charge is 0.0477 e. The van der Waals surface area contributed by atoms with E-state index in [2.05, 4.69) is 24.1 Å². The molecule has 0 atom stereocenters. The van der Waals surface area contributed by atoms with Crippen LogP contribution in [-0.2, 0) is 4.74 Å². The number of nitrogens with one attached hydrogen (secondary N) is 1. The Hall–Kier alpha value is -0.120. The topological polar surface area (TPSA) is 24.5 Å². The molecule has 0 amide bonds. The molecule has 0 unspecified atom stereocenters. The first-order chi connectivity index (χ1) is 7.67. The van der Waals surface area contributed by atoms with Crippen molar-refractivity contribution in [3.63, 3.8) is 0 Å². The second-order valence-electron chi connectivity index (χ2n) is 5.20. The van der Waals surface area contributed by atoms with Crippen LogP contribution in [0.2, 0.25) is 0 Å². The molecule has 16 heavy (non-hydrogen) atoms. The predicted octanol–water partition coefficient (Wildman–Crippen LogP) is 1.88. The monoisotopic (exact) mass is 228 g/mol. The lowest BCUT2D eigenvalue weighted by molar-refractivity contribution is 0.143. The van der Waals surface area contributed by atoms with Gasteiger partial charge in [0.1, 0.15) is 0 Å². The number of hydrogen-bond acceptors (Lipinski definition) is 3. The Morgan fingerprint density at radius 1 is 1.31 bits per heavy atom. The summed E-state index contributed by atoms with van der Waals surface area (Å²) in [5.41, 5.74) is 0.424. The van der Waals surface area contributed by atoms with E-state index < -0.39 is 0 Å². The molecule has 1 N–H and O–H groups in total. The van der Waals surface area contributed by atoms with Gasteiger partial charge in [-0.15, -0.1) is 0 Å². The van der Waals surface area contributed by atoms with Crippen molar-refractivity contribution in [1.82, 2.24) is 10.2 Å². The van der Waals surface area contributed by atoms with Gasteiger partial charge in [0.2, 0.25) is 0 Å². The van der Waals surface area contributed by atoms with E-state index in [-0.39, 0.29) is 0 Å². The molecule has 3 heteroatoms. The Morgan fingerprint density at radius 3 is 2.75 bits per heavy atom. The maximum atomic E-state index is 5.30. The Labute approximate surface area is 101 Å². The molecular weight excluding hydrogens is 200 g/mol. The fraction of sp³-hybridized carbons (Fsp3) is 1.00. The molecule has 1 fully saturated rings. The molecular formula is C13H28N2O. The molecule has 0 aromatic heterocycles. The normalized spacial score (nSPS) is 20.4. The molecule has 0 spiro atoms. The van der Waals surface area contributed by atoms with E-state index >= 15 is 0 Å². The molecule has 1 aliphatic heterocycles. The number of ether oxygens (including phenoxy) is 1. The third-order valence-electron chi connectivity index (χ3n) is 3.48. The SMILES string of the molecule is CCOCCCNCCN1CCCC1(C)C. The third kappa shape index (κ3) is 4.81. The summed E-state index contributed by atoms with van der Waals surface area (Å²) in [6.45, 7) is 13.1. The molecule has 0 aromatic rings. The number of nitrogens with zero attached hydrogens (tertiary/aromatic N) is 1. The van der Waals surface area contributed by atoms with E-state index in [0.29, 0.717) is 5.54 Å². The molecule has 1 saturated heterocycles. The summed E-state index contributed by atoms with van der Waals surface area (Å²) < 4.78 is 5.30. The predicted molar refractivity (Wildman–Crippen MR) is 68.9 cm³/mol. The highest BCUT2D eigenvalue weighted by atomic mass is 16.5. The molecule has 1 aliphatic rings. The summed E-state index contributed by atoms with van der Waals surface area (Å²) in [6.07, 6.45) is 3.83. The lowest BCUT2D eigenvalue weighted by atomic mass is 10.0. The van der Waals surface area contributed by atoms with E-state index in [1.807, 2.05) is 6.92 Å². The van der Waals surface area contributed by atoms with Crippen LogP contribution in [0.3, 0.4) is 0 Å².